The molecule has 5 rings (SSSR count). The number of hydrogen-bond acceptors (Lipinski definition) is 7. The fourth-order valence-corrected chi connectivity index (χ4v) is 4.04. The molecule has 0 radical (unpaired) electrons. The summed E-state index contributed by atoms with van der Waals surface area (Å²) in [7, 11) is 0. The minimum atomic E-state index is -0.0838. The molecule has 4 heterocycles. The summed E-state index contributed by atoms with van der Waals surface area (Å²) in [4.78, 5) is 22.5. The Balaban J connectivity index is 1.58. The summed E-state index contributed by atoms with van der Waals surface area (Å²) in [6, 6.07) is 11.5. The fourth-order valence-electron chi connectivity index (χ4n) is 4.04. The minimum Gasteiger partial charge on any atom is -0.383 e. The van der Waals surface area contributed by atoms with Gasteiger partial charge < -0.3 is 15.2 Å². The Kier molecular flexibility index (Phi) is 4.70. The van der Waals surface area contributed by atoms with Gasteiger partial charge in [-0.2, -0.15) is 5.10 Å². The van der Waals surface area contributed by atoms with E-state index in [2.05, 4.69) is 21.7 Å². The molecule has 0 saturated carbocycles. The van der Waals surface area contributed by atoms with E-state index in [4.69, 9.17) is 15.4 Å². The first-order chi connectivity index (χ1) is 15.2. The van der Waals surface area contributed by atoms with Crippen LogP contribution in [0.3, 0.4) is 0 Å². The summed E-state index contributed by atoms with van der Waals surface area (Å²) in [5.74, 6) is 0.874. The molecule has 9 heteroatoms. The summed E-state index contributed by atoms with van der Waals surface area (Å²) in [6.45, 7) is 4.83. The van der Waals surface area contributed by atoms with Gasteiger partial charge in [0.05, 0.1) is 11.4 Å². The first kappa shape index (κ1) is 19.0. The molecule has 31 heavy (non-hydrogen) atoms. The van der Waals surface area contributed by atoms with Crippen molar-refractivity contribution in [2.24, 2.45) is 0 Å². The number of amides is 1. The number of aromatic nitrogens is 5. The van der Waals surface area contributed by atoms with Crippen LogP contribution in [0.25, 0.3) is 33.7 Å². The van der Waals surface area contributed by atoms with Crippen molar-refractivity contribution in [3.05, 3.63) is 55.4 Å². The van der Waals surface area contributed by atoms with Crippen LogP contribution in [0.1, 0.15) is 18.9 Å². The second kappa shape index (κ2) is 7.67. The Morgan fingerprint density at radius 2 is 2.10 bits per heavy atom. The Hall–Kier alpha value is -4.01. The first-order valence-corrected chi connectivity index (χ1v) is 10.1. The van der Waals surface area contributed by atoms with Gasteiger partial charge in [-0.05, 0) is 18.9 Å². The number of nitrogens with zero attached hydrogens (tertiary/aromatic N) is 6. The number of nitrogens with two attached hydrogens (primary N) is 1. The summed E-state index contributed by atoms with van der Waals surface area (Å²) >= 11 is 0. The van der Waals surface area contributed by atoms with Crippen LogP contribution < -0.4 is 5.73 Å². The second-order valence-electron chi connectivity index (χ2n) is 7.48. The SMILES string of the molecule is C=CC(=O)N1CCC[C@@H](n2nc(-c3cc(-c4ccccc4)on3)c3c(N)ncnc32)C1. The monoisotopic (exact) mass is 415 g/mol. The normalized spacial score (nSPS) is 16.5. The minimum absolute atomic E-state index is 0.0382. The van der Waals surface area contributed by atoms with Crippen molar-refractivity contribution >= 4 is 22.8 Å². The van der Waals surface area contributed by atoms with Crippen LogP contribution in [-0.2, 0) is 4.79 Å². The van der Waals surface area contributed by atoms with Gasteiger partial charge >= 0.3 is 0 Å². The summed E-state index contributed by atoms with van der Waals surface area (Å²) in [5, 5.41) is 9.68. The highest BCUT2D eigenvalue weighted by Gasteiger charge is 2.28. The molecule has 1 aliphatic heterocycles. The number of carbonyl (C=O) groups excluding carboxylic acids is 1. The quantitative estimate of drug-likeness (QED) is 0.509. The van der Waals surface area contributed by atoms with Gasteiger partial charge in [0.25, 0.3) is 0 Å². The molecule has 1 saturated heterocycles. The number of piperidine rings is 1. The summed E-state index contributed by atoms with van der Waals surface area (Å²) in [6.07, 6.45) is 4.50. The van der Waals surface area contributed by atoms with Crippen molar-refractivity contribution in [3.63, 3.8) is 0 Å². The molecule has 0 bridgehead atoms. The van der Waals surface area contributed by atoms with Gasteiger partial charge in [0.15, 0.2) is 11.4 Å². The Morgan fingerprint density at radius 1 is 1.26 bits per heavy atom. The molecule has 2 N–H and O–H groups in total. The number of hydrogen-bond donors (Lipinski definition) is 1. The van der Waals surface area contributed by atoms with Crippen LogP contribution in [0.5, 0.6) is 0 Å². The molecular formula is C22H21N7O2. The van der Waals surface area contributed by atoms with E-state index < -0.39 is 0 Å². The van der Waals surface area contributed by atoms with Crippen LogP contribution in [0.4, 0.5) is 5.82 Å². The highest BCUT2D eigenvalue weighted by atomic mass is 16.5. The lowest BCUT2D eigenvalue weighted by molar-refractivity contribution is -0.127. The second-order valence-corrected chi connectivity index (χ2v) is 7.48. The van der Waals surface area contributed by atoms with E-state index in [1.165, 1.54) is 12.4 Å². The van der Waals surface area contributed by atoms with Crippen molar-refractivity contribution in [2.45, 2.75) is 18.9 Å². The zero-order valence-corrected chi connectivity index (χ0v) is 16.8. The number of fused-ring (bicyclic) bond motifs is 1. The molecular weight excluding hydrogens is 394 g/mol. The Bertz CT molecular complexity index is 1260. The molecule has 3 aromatic heterocycles. The molecule has 0 unspecified atom stereocenters. The van der Waals surface area contributed by atoms with Crippen LogP contribution in [0.2, 0.25) is 0 Å². The van der Waals surface area contributed by atoms with E-state index >= 15 is 0 Å². The fraction of sp³-hybridized carbons (Fsp3) is 0.227. The standard InChI is InChI=1S/C22H21N7O2/c1-2-18(30)28-10-6-9-15(12-28)29-22-19(21(23)24-13-25-22)20(26-29)16-11-17(31-27-16)14-7-4-3-5-8-14/h2-5,7-8,11,13,15H,1,6,9-10,12H2,(H2,23,24,25)/t15-/m1/s1. The van der Waals surface area contributed by atoms with Crippen LogP contribution >= 0.6 is 0 Å². The van der Waals surface area contributed by atoms with Crippen LogP contribution in [0, 0.1) is 0 Å². The largest absolute Gasteiger partial charge is 0.383 e. The van der Waals surface area contributed by atoms with E-state index in [-0.39, 0.29) is 11.9 Å². The van der Waals surface area contributed by atoms with Crippen LogP contribution in [-0.4, -0.2) is 48.8 Å². The number of anilines is 1. The summed E-state index contributed by atoms with van der Waals surface area (Å²) in [5.41, 5.74) is 8.86. The van der Waals surface area contributed by atoms with Crippen molar-refractivity contribution < 1.29 is 9.32 Å². The average Bonchev–Trinajstić information content (AvgIpc) is 3.45. The van der Waals surface area contributed by atoms with Gasteiger partial charge in [-0.3, -0.25) is 4.79 Å². The van der Waals surface area contributed by atoms with Crippen molar-refractivity contribution in [1.29, 1.82) is 0 Å². The lowest BCUT2D eigenvalue weighted by atomic mass is 10.1. The lowest BCUT2D eigenvalue weighted by Gasteiger charge is -2.32. The number of likely N-dealkylation sites (tertiary alicyclic amines) is 1. The Labute approximate surface area is 178 Å². The number of carbonyl (C=O) groups is 1. The van der Waals surface area contributed by atoms with Gasteiger partial charge in [0.1, 0.15) is 23.5 Å². The topological polar surface area (TPSA) is 116 Å². The van der Waals surface area contributed by atoms with Crippen molar-refractivity contribution in [2.75, 3.05) is 18.8 Å². The maximum Gasteiger partial charge on any atom is 0.246 e. The molecule has 0 spiro atoms. The van der Waals surface area contributed by atoms with E-state index in [0.29, 0.717) is 47.1 Å². The lowest BCUT2D eigenvalue weighted by Crippen LogP contribution is -2.40. The molecule has 0 aliphatic carbocycles. The molecule has 1 atom stereocenters. The van der Waals surface area contributed by atoms with Gasteiger partial charge in [0.2, 0.25) is 5.91 Å². The molecule has 4 aromatic rings. The smallest absolute Gasteiger partial charge is 0.246 e. The molecule has 156 valence electrons. The number of rotatable bonds is 4. The predicted octanol–water partition coefficient (Wildman–Crippen LogP) is 3.08. The van der Waals surface area contributed by atoms with E-state index in [9.17, 15) is 4.79 Å². The molecule has 1 aliphatic rings. The molecule has 1 amide bonds. The van der Waals surface area contributed by atoms with Gasteiger partial charge in [-0.25, -0.2) is 14.6 Å². The van der Waals surface area contributed by atoms with E-state index in [1.807, 2.05) is 41.1 Å². The molecule has 1 aromatic carbocycles. The van der Waals surface area contributed by atoms with Gasteiger partial charge in [-0.1, -0.05) is 42.1 Å². The van der Waals surface area contributed by atoms with Gasteiger partial charge in [0, 0.05) is 24.7 Å². The first-order valence-electron chi connectivity index (χ1n) is 10.1. The molecule has 9 nitrogen and oxygen atoms in total. The zero-order valence-electron chi connectivity index (χ0n) is 16.8. The number of benzene rings is 1. The van der Waals surface area contributed by atoms with E-state index in [1.54, 1.807) is 4.90 Å². The maximum absolute atomic E-state index is 12.1. The molecule has 1 fully saturated rings. The van der Waals surface area contributed by atoms with E-state index in [0.717, 1.165) is 18.4 Å². The third-order valence-electron chi connectivity index (χ3n) is 5.56. The van der Waals surface area contributed by atoms with Crippen molar-refractivity contribution in [3.8, 4) is 22.7 Å². The highest BCUT2D eigenvalue weighted by Crippen LogP contribution is 2.34. The van der Waals surface area contributed by atoms with Gasteiger partial charge in [-0.15, -0.1) is 0 Å². The Morgan fingerprint density at radius 3 is 2.90 bits per heavy atom. The van der Waals surface area contributed by atoms with Crippen LogP contribution in [0.15, 0.2) is 59.9 Å². The number of nitrogen functional groups attached to an aromatic ring is 1. The third-order valence-corrected chi connectivity index (χ3v) is 5.56. The average molecular weight is 415 g/mol. The highest BCUT2D eigenvalue weighted by molar-refractivity contribution is 5.97. The van der Waals surface area contributed by atoms with Crippen molar-refractivity contribution in [1.82, 2.24) is 29.8 Å². The summed E-state index contributed by atoms with van der Waals surface area (Å²) < 4.78 is 7.40. The zero-order chi connectivity index (χ0) is 21.4. The third kappa shape index (κ3) is 3.33. The predicted molar refractivity (Wildman–Crippen MR) is 116 cm³/mol. The maximum atomic E-state index is 12.1.